The van der Waals surface area contributed by atoms with Crippen LogP contribution in [0.2, 0.25) is 10.0 Å². The summed E-state index contributed by atoms with van der Waals surface area (Å²) in [6.07, 6.45) is 2.30. The maximum Gasteiger partial charge on any atom is 0.409 e. The van der Waals surface area contributed by atoms with E-state index in [2.05, 4.69) is 31.7 Å². The van der Waals surface area contributed by atoms with Gasteiger partial charge in [-0.3, -0.25) is 4.79 Å². The minimum atomic E-state index is -0.335. The van der Waals surface area contributed by atoms with E-state index in [0.717, 1.165) is 25.2 Å². The molecule has 2 aliphatic heterocycles. The Morgan fingerprint density at radius 2 is 1.89 bits per heavy atom. The first kappa shape index (κ1) is 29.1. The van der Waals surface area contributed by atoms with E-state index in [1.807, 2.05) is 11.0 Å². The molecule has 12 heteroatoms. The van der Waals surface area contributed by atoms with Gasteiger partial charge in [0.2, 0.25) is 5.91 Å². The lowest BCUT2D eigenvalue weighted by molar-refractivity contribution is -0.620. The molecule has 1 aromatic rings. The van der Waals surface area contributed by atoms with Gasteiger partial charge >= 0.3 is 6.09 Å². The molecule has 0 saturated carbocycles. The Balaban J connectivity index is 0.000000466. The van der Waals surface area contributed by atoms with Gasteiger partial charge in [-0.2, -0.15) is 4.89 Å². The van der Waals surface area contributed by atoms with Gasteiger partial charge in [-0.1, -0.05) is 35.2 Å². The predicted octanol–water partition coefficient (Wildman–Crippen LogP) is 3.27. The molecule has 2 amide bonds. The first-order valence-electron chi connectivity index (χ1n) is 11.2. The Hall–Kier alpha value is -2.10. The number of ether oxygens (including phenoxy) is 1. The normalized spacial score (nSPS) is 17.8. The lowest BCUT2D eigenvalue weighted by Crippen LogP contribution is -2.59. The molecule has 2 aliphatic rings. The number of piperazine rings is 1. The summed E-state index contributed by atoms with van der Waals surface area (Å²) >= 11 is 12.0. The summed E-state index contributed by atoms with van der Waals surface area (Å²) in [6, 6.07) is 5.24. The number of nitrogens with zero attached hydrogens (tertiary/aromatic N) is 3. The summed E-state index contributed by atoms with van der Waals surface area (Å²) in [6.45, 7) is 6.09. The minimum absolute atomic E-state index is 0.0359. The fraction of sp³-hybridized carbons (Fsp3) is 0.565. The van der Waals surface area contributed by atoms with Crippen molar-refractivity contribution in [1.82, 2.24) is 14.7 Å². The summed E-state index contributed by atoms with van der Waals surface area (Å²) in [5.74, 6) is 5.07. The lowest BCUT2D eigenvalue weighted by atomic mass is 10.1. The zero-order valence-corrected chi connectivity index (χ0v) is 21.4. The molecule has 0 aliphatic carbocycles. The van der Waals surface area contributed by atoms with E-state index < -0.39 is 0 Å². The molecule has 3 rings (SSSR count). The van der Waals surface area contributed by atoms with Crippen LogP contribution in [0.1, 0.15) is 25.3 Å². The van der Waals surface area contributed by atoms with Crippen molar-refractivity contribution in [2.75, 3.05) is 53.0 Å². The summed E-state index contributed by atoms with van der Waals surface area (Å²) in [5.41, 5.74) is 0.838. The molecule has 2 fully saturated rings. The van der Waals surface area contributed by atoms with Gasteiger partial charge in [-0.15, -0.1) is 5.92 Å². The molecule has 10 nitrogen and oxygen atoms in total. The Morgan fingerprint density at radius 1 is 1.14 bits per heavy atom. The Bertz CT molecular complexity index is 888. The fourth-order valence-corrected chi connectivity index (χ4v) is 4.29. The molecule has 0 radical (unpaired) electrons. The number of likely N-dealkylation sites (tertiary alicyclic amines) is 1. The number of benzene rings is 1. The molecule has 2 saturated heterocycles. The molecular weight excluding hydrogens is 501 g/mol. The number of carbonyl (C=O) groups excluding carboxylic acids is 2. The number of rotatable bonds is 7. The van der Waals surface area contributed by atoms with Gasteiger partial charge in [0, 0.05) is 26.2 Å². The maximum absolute atomic E-state index is 13.0. The number of amides is 2. The van der Waals surface area contributed by atoms with Crippen LogP contribution >= 0.6 is 23.2 Å². The Morgan fingerprint density at radius 3 is 2.51 bits per heavy atom. The topological polar surface area (TPSA) is 101 Å². The number of hydrogen-bond donors (Lipinski definition) is 1. The van der Waals surface area contributed by atoms with Gasteiger partial charge in [0.1, 0.15) is 6.61 Å². The standard InChI is InChI=1S/C19H25Cl2N3O3.C4H6O4/c1-27-19(26)23-8-9-24(15(13-23)12-22-6-2-3-7-22)18(25)11-14-4-5-16(20)17(21)10-14;1-2-3-4-6-8-7-5/h4-5,10,15H,2-3,6-9,11-13H2,1H3;5H,4H2,1H3. The molecule has 1 aromatic carbocycles. The number of halogens is 2. The van der Waals surface area contributed by atoms with Crippen molar-refractivity contribution in [3.63, 3.8) is 0 Å². The minimum Gasteiger partial charge on any atom is -0.453 e. The molecule has 194 valence electrons. The van der Waals surface area contributed by atoms with Crippen molar-refractivity contribution in [3.05, 3.63) is 33.8 Å². The van der Waals surface area contributed by atoms with Crippen LogP contribution < -0.4 is 0 Å². The van der Waals surface area contributed by atoms with Gasteiger partial charge in [0.05, 0.1) is 29.6 Å². The first-order valence-corrected chi connectivity index (χ1v) is 11.9. The third-order valence-corrected chi connectivity index (χ3v) is 6.37. The van der Waals surface area contributed by atoms with E-state index in [9.17, 15) is 9.59 Å². The third-order valence-electron chi connectivity index (χ3n) is 5.63. The highest BCUT2D eigenvalue weighted by atomic mass is 35.5. The van der Waals surface area contributed by atoms with E-state index >= 15 is 0 Å². The van der Waals surface area contributed by atoms with E-state index in [1.54, 1.807) is 24.0 Å². The molecular formula is C23H31Cl2N3O7. The van der Waals surface area contributed by atoms with Crippen LogP contribution in [0.4, 0.5) is 4.79 Å². The molecule has 35 heavy (non-hydrogen) atoms. The second kappa shape index (κ2) is 15.8. The summed E-state index contributed by atoms with van der Waals surface area (Å²) in [5, 5.41) is 15.1. The second-order valence-electron chi connectivity index (χ2n) is 7.92. The Kier molecular flexibility index (Phi) is 13.2. The predicted molar refractivity (Wildman–Crippen MR) is 130 cm³/mol. The second-order valence-corrected chi connectivity index (χ2v) is 8.74. The Labute approximate surface area is 215 Å². The van der Waals surface area contributed by atoms with Crippen molar-refractivity contribution in [1.29, 1.82) is 0 Å². The number of hydrogen-bond acceptors (Lipinski definition) is 8. The average Bonchev–Trinajstić information content (AvgIpc) is 3.37. The van der Waals surface area contributed by atoms with E-state index in [4.69, 9.17) is 33.2 Å². The number of methoxy groups -OCH3 is 1. The molecule has 2 heterocycles. The molecule has 1 N–H and O–H groups in total. The van der Waals surface area contributed by atoms with Crippen molar-refractivity contribution in [2.45, 2.75) is 32.2 Å². The van der Waals surface area contributed by atoms with Crippen LogP contribution in [0.15, 0.2) is 18.2 Å². The molecule has 0 aromatic heterocycles. The van der Waals surface area contributed by atoms with Crippen LogP contribution in [0.3, 0.4) is 0 Å². The average molecular weight is 532 g/mol. The fourth-order valence-electron chi connectivity index (χ4n) is 3.97. The largest absolute Gasteiger partial charge is 0.453 e. The van der Waals surface area contributed by atoms with Gasteiger partial charge in [0.15, 0.2) is 0 Å². The molecule has 1 atom stereocenters. The monoisotopic (exact) mass is 531 g/mol. The summed E-state index contributed by atoms with van der Waals surface area (Å²) < 4.78 is 4.87. The maximum atomic E-state index is 13.0. The quantitative estimate of drug-likeness (QED) is 0.247. The smallest absolute Gasteiger partial charge is 0.409 e. The van der Waals surface area contributed by atoms with Crippen molar-refractivity contribution < 1.29 is 34.5 Å². The van der Waals surface area contributed by atoms with Crippen molar-refractivity contribution in [3.8, 4) is 11.8 Å². The molecule has 0 spiro atoms. The van der Waals surface area contributed by atoms with E-state index in [1.165, 1.54) is 20.0 Å². The zero-order valence-electron chi connectivity index (χ0n) is 19.9. The SMILES string of the molecule is CC#CCOOOO.COC(=O)N1CCN(C(=O)Cc2ccc(Cl)c(Cl)c2)C(CN2CCCC2)C1. The van der Waals surface area contributed by atoms with E-state index in [-0.39, 0.29) is 31.1 Å². The van der Waals surface area contributed by atoms with E-state index in [0.29, 0.717) is 29.7 Å². The van der Waals surface area contributed by atoms with Gasteiger partial charge in [-0.25, -0.2) is 10.1 Å². The van der Waals surface area contributed by atoms with Crippen LogP contribution in [0.25, 0.3) is 0 Å². The molecule has 0 bridgehead atoms. The number of carbonyl (C=O) groups is 2. The lowest BCUT2D eigenvalue weighted by Gasteiger charge is -2.42. The van der Waals surface area contributed by atoms with Crippen LogP contribution in [0.5, 0.6) is 0 Å². The van der Waals surface area contributed by atoms with Gasteiger partial charge in [0.25, 0.3) is 0 Å². The van der Waals surface area contributed by atoms with Crippen molar-refractivity contribution in [2.24, 2.45) is 0 Å². The highest BCUT2D eigenvalue weighted by molar-refractivity contribution is 6.42. The highest BCUT2D eigenvalue weighted by Crippen LogP contribution is 2.24. The first-order chi connectivity index (χ1) is 16.9. The van der Waals surface area contributed by atoms with Gasteiger partial charge in [-0.05, 0) is 60.6 Å². The van der Waals surface area contributed by atoms with Crippen LogP contribution in [-0.2, 0) is 30.9 Å². The molecule has 1 unspecified atom stereocenters. The third kappa shape index (κ3) is 9.82. The summed E-state index contributed by atoms with van der Waals surface area (Å²) in [7, 11) is 1.39. The van der Waals surface area contributed by atoms with Crippen molar-refractivity contribution >= 4 is 35.2 Å². The van der Waals surface area contributed by atoms with Crippen LogP contribution in [0, 0.1) is 11.8 Å². The zero-order chi connectivity index (χ0) is 25.6. The highest BCUT2D eigenvalue weighted by Gasteiger charge is 2.34. The van der Waals surface area contributed by atoms with Gasteiger partial charge < -0.3 is 19.4 Å². The summed E-state index contributed by atoms with van der Waals surface area (Å²) in [4.78, 5) is 35.0. The van der Waals surface area contributed by atoms with Crippen LogP contribution in [-0.4, -0.2) is 91.0 Å².